The van der Waals surface area contributed by atoms with E-state index in [0.717, 1.165) is 21.5 Å². The first kappa shape index (κ1) is 14.4. The SMILES string of the molecule is CNC(c1ccc(C)c(Br)c1)c1ccc2c(c1)OCCO2. The van der Waals surface area contributed by atoms with Crippen LogP contribution in [0.4, 0.5) is 0 Å². The molecule has 0 spiro atoms. The van der Waals surface area contributed by atoms with Crippen LogP contribution in [0, 0.1) is 6.92 Å². The number of rotatable bonds is 3. The number of hydrogen-bond acceptors (Lipinski definition) is 3. The van der Waals surface area contributed by atoms with Crippen LogP contribution in [0.5, 0.6) is 11.5 Å². The predicted molar refractivity (Wildman–Crippen MR) is 87.2 cm³/mol. The van der Waals surface area contributed by atoms with Crippen molar-refractivity contribution >= 4 is 15.9 Å². The van der Waals surface area contributed by atoms with Crippen molar-refractivity contribution in [2.75, 3.05) is 20.3 Å². The topological polar surface area (TPSA) is 30.5 Å². The quantitative estimate of drug-likeness (QED) is 0.914. The maximum atomic E-state index is 5.68. The van der Waals surface area contributed by atoms with E-state index >= 15 is 0 Å². The van der Waals surface area contributed by atoms with Crippen LogP contribution >= 0.6 is 15.9 Å². The summed E-state index contributed by atoms with van der Waals surface area (Å²) >= 11 is 3.60. The minimum absolute atomic E-state index is 0.123. The second-order valence-electron chi connectivity index (χ2n) is 5.13. The molecule has 1 aliphatic rings. The molecule has 3 nitrogen and oxygen atoms in total. The van der Waals surface area contributed by atoms with E-state index in [0.29, 0.717) is 13.2 Å². The molecule has 0 radical (unpaired) electrons. The summed E-state index contributed by atoms with van der Waals surface area (Å²) in [7, 11) is 1.97. The molecule has 0 amide bonds. The Morgan fingerprint density at radius 3 is 2.38 bits per heavy atom. The van der Waals surface area contributed by atoms with Crippen LogP contribution in [0.15, 0.2) is 40.9 Å². The normalized spacial score (nSPS) is 14.8. The molecule has 0 fully saturated rings. The maximum absolute atomic E-state index is 5.68. The van der Waals surface area contributed by atoms with Crippen LogP contribution in [-0.4, -0.2) is 20.3 Å². The van der Waals surface area contributed by atoms with Crippen LogP contribution in [0.25, 0.3) is 0 Å². The van der Waals surface area contributed by atoms with Gasteiger partial charge in [-0.2, -0.15) is 0 Å². The molecule has 0 aliphatic carbocycles. The molecule has 1 aliphatic heterocycles. The van der Waals surface area contributed by atoms with E-state index in [1.54, 1.807) is 0 Å². The van der Waals surface area contributed by atoms with Gasteiger partial charge in [0.1, 0.15) is 13.2 Å². The van der Waals surface area contributed by atoms with Gasteiger partial charge in [0.15, 0.2) is 11.5 Å². The molecule has 21 heavy (non-hydrogen) atoms. The molecule has 1 atom stereocenters. The van der Waals surface area contributed by atoms with Crippen LogP contribution in [0.1, 0.15) is 22.7 Å². The Balaban J connectivity index is 1.97. The zero-order chi connectivity index (χ0) is 14.8. The first-order valence-corrected chi connectivity index (χ1v) is 7.81. The van der Waals surface area contributed by atoms with Crippen molar-refractivity contribution in [1.29, 1.82) is 0 Å². The Hall–Kier alpha value is -1.52. The zero-order valence-electron chi connectivity index (χ0n) is 12.2. The lowest BCUT2D eigenvalue weighted by molar-refractivity contribution is 0.171. The average Bonchev–Trinajstić information content (AvgIpc) is 2.51. The van der Waals surface area contributed by atoms with Gasteiger partial charge in [-0.3, -0.25) is 0 Å². The molecular weight excluding hydrogens is 330 g/mol. The fraction of sp³-hybridized carbons (Fsp3) is 0.294. The van der Waals surface area contributed by atoms with Crippen LogP contribution in [-0.2, 0) is 0 Å². The van der Waals surface area contributed by atoms with Crippen molar-refractivity contribution in [2.24, 2.45) is 0 Å². The highest BCUT2D eigenvalue weighted by Crippen LogP contribution is 2.34. The molecule has 110 valence electrons. The number of ether oxygens (including phenoxy) is 2. The van der Waals surface area contributed by atoms with E-state index in [9.17, 15) is 0 Å². The Kier molecular flexibility index (Phi) is 4.17. The van der Waals surface area contributed by atoms with Gasteiger partial charge < -0.3 is 14.8 Å². The summed E-state index contributed by atoms with van der Waals surface area (Å²) in [5.41, 5.74) is 3.61. The Labute approximate surface area is 133 Å². The van der Waals surface area contributed by atoms with Crippen molar-refractivity contribution in [1.82, 2.24) is 5.32 Å². The monoisotopic (exact) mass is 347 g/mol. The van der Waals surface area contributed by atoms with Gasteiger partial charge in [0, 0.05) is 4.47 Å². The summed E-state index contributed by atoms with van der Waals surface area (Å²) in [6, 6.07) is 12.7. The molecule has 1 heterocycles. The van der Waals surface area contributed by atoms with E-state index in [2.05, 4.69) is 58.5 Å². The number of hydrogen-bond donors (Lipinski definition) is 1. The minimum Gasteiger partial charge on any atom is -0.486 e. The fourth-order valence-corrected chi connectivity index (χ4v) is 2.95. The van der Waals surface area contributed by atoms with Gasteiger partial charge in [-0.15, -0.1) is 0 Å². The molecule has 0 bridgehead atoms. The fourth-order valence-electron chi connectivity index (χ4n) is 2.55. The van der Waals surface area contributed by atoms with E-state index < -0.39 is 0 Å². The van der Waals surface area contributed by atoms with E-state index in [4.69, 9.17) is 9.47 Å². The van der Waals surface area contributed by atoms with Crippen molar-refractivity contribution < 1.29 is 9.47 Å². The van der Waals surface area contributed by atoms with Gasteiger partial charge in [-0.1, -0.05) is 34.1 Å². The van der Waals surface area contributed by atoms with E-state index in [1.807, 2.05) is 13.1 Å². The Bertz CT molecular complexity index is 657. The summed E-state index contributed by atoms with van der Waals surface area (Å²) in [6.07, 6.45) is 0. The lowest BCUT2D eigenvalue weighted by Gasteiger charge is -2.22. The highest BCUT2D eigenvalue weighted by Gasteiger charge is 2.17. The molecule has 1 N–H and O–H groups in total. The van der Waals surface area contributed by atoms with Gasteiger partial charge in [0.05, 0.1) is 6.04 Å². The van der Waals surface area contributed by atoms with Crippen LogP contribution in [0.2, 0.25) is 0 Å². The standard InChI is InChI=1S/C17H18BrNO2/c1-11-3-4-12(9-14(11)18)17(19-2)13-5-6-15-16(10-13)21-8-7-20-15/h3-6,9-10,17,19H,7-8H2,1-2H3. The molecule has 0 saturated heterocycles. The average molecular weight is 348 g/mol. The lowest BCUT2D eigenvalue weighted by Crippen LogP contribution is -2.19. The first-order chi connectivity index (χ1) is 10.2. The number of fused-ring (bicyclic) bond motifs is 1. The van der Waals surface area contributed by atoms with Crippen LogP contribution < -0.4 is 14.8 Å². The van der Waals surface area contributed by atoms with Gasteiger partial charge in [0.25, 0.3) is 0 Å². The highest BCUT2D eigenvalue weighted by molar-refractivity contribution is 9.10. The smallest absolute Gasteiger partial charge is 0.161 e. The third-order valence-corrected chi connectivity index (χ3v) is 4.57. The van der Waals surface area contributed by atoms with Gasteiger partial charge >= 0.3 is 0 Å². The number of benzene rings is 2. The molecule has 0 aromatic heterocycles. The third-order valence-electron chi connectivity index (χ3n) is 3.72. The van der Waals surface area contributed by atoms with Crippen LogP contribution in [0.3, 0.4) is 0 Å². The second kappa shape index (κ2) is 6.08. The highest BCUT2D eigenvalue weighted by atomic mass is 79.9. The number of nitrogens with one attached hydrogen (secondary N) is 1. The molecule has 2 aromatic carbocycles. The van der Waals surface area contributed by atoms with Gasteiger partial charge in [-0.05, 0) is 48.9 Å². The van der Waals surface area contributed by atoms with E-state index in [1.165, 1.54) is 11.1 Å². The molecule has 4 heteroatoms. The van der Waals surface area contributed by atoms with Gasteiger partial charge in [-0.25, -0.2) is 0 Å². The lowest BCUT2D eigenvalue weighted by atomic mass is 9.97. The number of halogens is 1. The summed E-state index contributed by atoms with van der Waals surface area (Å²) < 4.78 is 12.4. The minimum atomic E-state index is 0.123. The van der Waals surface area contributed by atoms with Crippen molar-refractivity contribution in [3.63, 3.8) is 0 Å². The summed E-state index contributed by atoms with van der Waals surface area (Å²) in [5, 5.41) is 3.37. The summed E-state index contributed by atoms with van der Waals surface area (Å²) in [4.78, 5) is 0. The van der Waals surface area contributed by atoms with Gasteiger partial charge in [0.2, 0.25) is 0 Å². The second-order valence-corrected chi connectivity index (χ2v) is 5.99. The Morgan fingerprint density at radius 1 is 1.00 bits per heavy atom. The molecular formula is C17H18BrNO2. The Morgan fingerprint density at radius 2 is 1.67 bits per heavy atom. The molecule has 3 rings (SSSR count). The van der Waals surface area contributed by atoms with Crippen molar-refractivity contribution in [3.05, 3.63) is 57.6 Å². The van der Waals surface area contributed by atoms with E-state index in [-0.39, 0.29) is 6.04 Å². The summed E-state index contributed by atoms with van der Waals surface area (Å²) in [6.45, 7) is 3.32. The summed E-state index contributed by atoms with van der Waals surface area (Å²) in [5.74, 6) is 1.65. The predicted octanol–water partition coefficient (Wildman–Crippen LogP) is 3.84. The maximum Gasteiger partial charge on any atom is 0.161 e. The zero-order valence-corrected chi connectivity index (χ0v) is 13.7. The molecule has 2 aromatic rings. The van der Waals surface area contributed by atoms with Crippen molar-refractivity contribution in [2.45, 2.75) is 13.0 Å². The number of aryl methyl sites for hydroxylation is 1. The largest absolute Gasteiger partial charge is 0.486 e. The molecule has 1 unspecified atom stereocenters. The third kappa shape index (κ3) is 2.92. The van der Waals surface area contributed by atoms with Crippen molar-refractivity contribution in [3.8, 4) is 11.5 Å². The first-order valence-electron chi connectivity index (χ1n) is 7.02. The molecule has 0 saturated carbocycles.